The molecular formula is C26H34N2O4. The predicted molar refractivity (Wildman–Crippen MR) is 119 cm³/mol. The van der Waals surface area contributed by atoms with Gasteiger partial charge < -0.3 is 15.0 Å². The van der Waals surface area contributed by atoms with Gasteiger partial charge in [0.2, 0.25) is 5.91 Å². The molecule has 2 atom stereocenters. The predicted octanol–water partition coefficient (Wildman–Crippen LogP) is 3.22. The van der Waals surface area contributed by atoms with Crippen molar-refractivity contribution in [1.82, 2.24) is 10.2 Å². The maximum absolute atomic E-state index is 13.2. The van der Waals surface area contributed by atoms with Gasteiger partial charge in [0.05, 0.1) is 0 Å². The number of benzene rings is 1. The number of fused-ring (bicyclic) bond motifs is 1. The van der Waals surface area contributed by atoms with Gasteiger partial charge in [0, 0.05) is 18.5 Å². The van der Waals surface area contributed by atoms with E-state index < -0.39 is 18.1 Å². The van der Waals surface area contributed by atoms with E-state index in [4.69, 9.17) is 4.74 Å². The lowest BCUT2D eigenvalue weighted by Crippen LogP contribution is -2.56. The molecule has 1 heterocycles. The largest absolute Gasteiger partial charge is 0.451 e. The number of hydrogen-bond acceptors (Lipinski definition) is 4. The van der Waals surface area contributed by atoms with E-state index in [9.17, 15) is 14.4 Å². The molecule has 6 heteroatoms. The zero-order valence-corrected chi connectivity index (χ0v) is 19.1. The fraction of sp³-hybridized carbons (Fsp3) is 0.654. The monoisotopic (exact) mass is 438 g/mol. The summed E-state index contributed by atoms with van der Waals surface area (Å²) >= 11 is 0. The molecule has 6 rings (SSSR count). The van der Waals surface area contributed by atoms with Crippen LogP contribution in [0.15, 0.2) is 24.3 Å². The van der Waals surface area contributed by atoms with Gasteiger partial charge in [0.15, 0.2) is 6.10 Å². The van der Waals surface area contributed by atoms with Gasteiger partial charge in [-0.3, -0.25) is 9.59 Å². The summed E-state index contributed by atoms with van der Waals surface area (Å²) < 4.78 is 5.49. The molecule has 172 valence electrons. The van der Waals surface area contributed by atoms with Crippen molar-refractivity contribution in [2.45, 2.75) is 77.5 Å². The summed E-state index contributed by atoms with van der Waals surface area (Å²) in [7, 11) is 0. The Morgan fingerprint density at radius 3 is 2.22 bits per heavy atom. The summed E-state index contributed by atoms with van der Waals surface area (Å²) in [5.41, 5.74) is 2.11. The normalized spacial score (nSPS) is 32.1. The highest BCUT2D eigenvalue weighted by Crippen LogP contribution is 2.60. The molecule has 1 aromatic carbocycles. The van der Waals surface area contributed by atoms with E-state index in [1.807, 2.05) is 18.2 Å². The smallest absolute Gasteiger partial charge is 0.329 e. The van der Waals surface area contributed by atoms with Crippen LogP contribution in [0.25, 0.3) is 0 Å². The molecule has 1 aromatic rings. The van der Waals surface area contributed by atoms with Gasteiger partial charge in [-0.25, -0.2) is 4.79 Å². The molecule has 0 radical (unpaired) electrons. The topological polar surface area (TPSA) is 75.7 Å². The third-order valence-corrected chi connectivity index (χ3v) is 8.30. The summed E-state index contributed by atoms with van der Waals surface area (Å²) in [6.07, 6.45) is 6.61. The van der Waals surface area contributed by atoms with Crippen molar-refractivity contribution in [3.63, 3.8) is 0 Å². The van der Waals surface area contributed by atoms with E-state index in [0.717, 1.165) is 31.2 Å². The Bertz CT molecular complexity index is 891. The molecule has 5 aliphatic rings. The van der Waals surface area contributed by atoms with Gasteiger partial charge in [0.1, 0.15) is 6.04 Å². The number of carbonyl (C=O) groups is 3. The molecule has 0 unspecified atom stereocenters. The Labute approximate surface area is 190 Å². The molecule has 1 aliphatic heterocycles. The van der Waals surface area contributed by atoms with E-state index in [1.165, 1.54) is 24.8 Å². The Morgan fingerprint density at radius 1 is 1.00 bits per heavy atom. The van der Waals surface area contributed by atoms with E-state index in [-0.39, 0.29) is 17.2 Å². The Hall–Kier alpha value is -2.37. The number of amides is 2. The molecule has 4 aliphatic carbocycles. The first-order chi connectivity index (χ1) is 15.3. The summed E-state index contributed by atoms with van der Waals surface area (Å²) in [5.74, 6) is 1.28. The minimum Gasteiger partial charge on any atom is -0.451 e. The maximum Gasteiger partial charge on any atom is 0.329 e. The number of ether oxygens (including phenoxy) is 1. The third-order valence-electron chi connectivity index (χ3n) is 8.30. The van der Waals surface area contributed by atoms with Crippen molar-refractivity contribution in [2.24, 2.45) is 23.2 Å². The van der Waals surface area contributed by atoms with Crippen LogP contribution < -0.4 is 5.32 Å². The lowest BCUT2D eigenvalue weighted by atomic mass is 9.49. The van der Waals surface area contributed by atoms with Gasteiger partial charge in [-0.2, -0.15) is 0 Å². The van der Waals surface area contributed by atoms with E-state index >= 15 is 0 Å². The first-order valence-electron chi connectivity index (χ1n) is 12.2. The first-order valence-corrected chi connectivity index (χ1v) is 12.2. The zero-order valence-electron chi connectivity index (χ0n) is 19.1. The molecule has 32 heavy (non-hydrogen) atoms. The second kappa shape index (κ2) is 8.20. The molecular weight excluding hydrogens is 404 g/mol. The van der Waals surface area contributed by atoms with Gasteiger partial charge >= 0.3 is 5.97 Å². The summed E-state index contributed by atoms with van der Waals surface area (Å²) in [5, 5.41) is 2.94. The maximum atomic E-state index is 13.2. The lowest BCUT2D eigenvalue weighted by molar-refractivity contribution is -0.163. The van der Waals surface area contributed by atoms with Crippen LogP contribution in [0, 0.1) is 23.2 Å². The fourth-order valence-corrected chi connectivity index (χ4v) is 7.07. The van der Waals surface area contributed by atoms with E-state index in [2.05, 4.69) is 11.4 Å². The lowest BCUT2D eigenvalue weighted by Gasteiger charge is -2.55. The molecule has 4 saturated carbocycles. The molecule has 4 bridgehead atoms. The number of carbonyl (C=O) groups excluding carboxylic acids is 3. The standard InChI is InChI=1S/C26H34N2O4/c1-16(27-25(31)26-12-18-9-19(13-26)11-20(10-18)14-26)24(30)32-17(2)23(29)28-8-7-21-5-3-4-6-22(21)15-28/h3-6,16-20H,7-15H2,1-2H3,(H,27,31)/t16-,17+,18?,19?,20?,26?/m1/s1. The summed E-state index contributed by atoms with van der Waals surface area (Å²) in [4.78, 5) is 40.5. The quantitative estimate of drug-likeness (QED) is 0.717. The first kappa shape index (κ1) is 21.5. The molecule has 0 spiro atoms. The Morgan fingerprint density at radius 2 is 1.59 bits per heavy atom. The highest BCUT2D eigenvalue weighted by Gasteiger charge is 2.54. The van der Waals surface area contributed by atoms with Crippen LogP contribution in [0.5, 0.6) is 0 Å². The summed E-state index contributed by atoms with van der Waals surface area (Å²) in [6, 6.07) is 7.36. The molecule has 1 N–H and O–H groups in total. The number of rotatable bonds is 5. The highest BCUT2D eigenvalue weighted by molar-refractivity contribution is 5.89. The molecule has 4 fully saturated rings. The number of esters is 1. The van der Waals surface area contributed by atoms with Gasteiger partial charge in [-0.05, 0) is 87.7 Å². The average molecular weight is 439 g/mol. The molecule has 0 saturated heterocycles. The second-order valence-corrected chi connectivity index (χ2v) is 10.8. The third kappa shape index (κ3) is 3.93. The van der Waals surface area contributed by atoms with Crippen LogP contribution in [0.4, 0.5) is 0 Å². The molecule has 0 aromatic heterocycles. The number of hydrogen-bond donors (Lipinski definition) is 1. The minimum absolute atomic E-state index is 0.00710. The van der Waals surface area contributed by atoms with Crippen LogP contribution in [-0.2, 0) is 32.1 Å². The second-order valence-electron chi connectivity index (χ2n) is 10.8. The molecule has 2 amide bonds. The van der Waals surface area contributed by atoms with E-state index in [0.29, 0.717) is 30.8 Å². The van der Waals surface area contributed by atoms with Gasteiger partial charge in [-0.15, -0.1) is 0 Å². The van der Waals surface area contributed by atoms with Crippen LogP contribution in [0.1, 0.15) is 63.5 Å². The van der Waals surface area contributed by atoms with Crippen molar-refractivity contribution in [2.75, 3.05) is 6.54 Å². The van der Waals surface area contributed by atoms with Crippen molar-refractivity contribution >= 4 is 17.8 Å². The highest BCUT2D eigenvalue weighted by atomic mass is 16.5. The van der Waals surface area contributed by atoms with Gasteiger partial charge in [-0.1, -0.05) is 24.3 Å². The number of nitrogens with one attached hydrogen (secondary N) is 1. The van der Waals surface area contributed by atoms with Gasteiger partial charge in [0.25, 0.3) is 5.91 Å². The Balaban J connectivity index is 1.15. The zero-order chi connectivity index (χ0) is 22.5. The van der Waals surface area contributed by atoms with Crippen LogP contribution in [0.3, 0.4) is 0 Å². The summed E-state index contributed by atoms with van der Waals surface area (Å²) in [6.45, 7) is 4.44. The SMILES string of the molecule is C[C@H](OC(=O)[C@@H](C)NC(=O)C12CC3CC(CC(C3)C1)C2)C(=O)N1CCc2ccccc2C1. The van der Waals surface area contributed by atoms with E-state index in [1.54, 1.807) is 18.7 Å². The van der Waals surface area contributed by atoms with Crippen molar-refractivity contribution in [1.29, 1.82) is 0 Å². The van der Waals surface area contributed by atoms with Crippen molar-refractivity contribution in [3.05, 3.63) is 35.4 Å². The van der Waals surface area contributed by atoms with Crippen LogP contribution in [-0.4, -0.2) is 41.4 Å². The molecule has 6 nitrogen and oxygen atoms in total. The van der Waals surface area contributed by atoms with Crippen molar-refractivity contribution in [3.8, 4) is 0 Å². The minimum atomic E-state index is -0.869. The average Bonchev–Trinajstić information content (AvgIpc) is 2.77. The van der Waals surface area contributed by atoms with Crippen LogP contribution >= 0.6 is 0 Å². The number of nitrogens with zero attached hydrogens (tertiary/aromatic N) is 1. The Kier molecular flexibility index (Phi) is 5.50. The van der Waals surface area contributed by atoms with Crippen molar-refractivity contribution < 1.29 is 19.1 Å². The fourth-order valence-electron chi connectivity index (χ4n) is 7.07. The van der Waals surface area contributed by atoms with Crippen LogP contribution in [0.2, 0.25) is 0 Å².